The third-order valence-electron chi connectivity index (χ3n) is 4.35. The smallest absolute Gasteiger partial charge is 0.0262 e. The van der Waals surface area contributed by atoms with Crippen LogP contribution in [0.1, 0.15) is 105 Å². The van der Waals surface area contributed by atoms with Gasteiger partial charge in [-0.1, -0.05) is 97.6 Å². The predicted molar refractivity (Wildman–Crippen MR) is 94.2 cm³/mol. The molecule has 0 spiro atoms. The van der Waals surface area contributed by atoms with E-state index in [-0.39, 0.29) is 0 Å². The van der Waals surface area contributed by atoms with Gasteiger partial charge in [0.25, 0.3) is 0 Å². The van der Waals surface area contributed by atoms with Gasteiger partial charge in [-0.25, -0.2) is 0 Å². The number of hydrogen-bond acceptors (Lipinski definition) is 0. The normalized spacial score (nSPS) is 14.8. The van der Waals surface area contributed by atoms with E-state index in [0.29, 0.717) is 0 Å². The van der Waals surface area contributed by atoms with Crippen molar-refractivity contribution in [3.8, 4) is 0 Å². The van der Waals surface area contributed by atoms with Crippen LogP contribution in [-0.2, 0) is 0 Å². The first kappa shape index (κ1) is 19.7. The highest BCUT2D eigenvalue weighted by molar-refractivity contribution is 4.86. The zero-order valence-electron chi connectivity index (χ0n) is 14.8. The van der Waals surface area contributed by atoms with E-state index < -0.39 is 0 Å². The molecular weight excluding hydrogens is 240 g/mol. The van der Waals surface area contributed by atoms with Gasteiger partial charge in [0.2, 0.25) is 0 Å². The van der Waals surface area contributed by atoms with E-state index in [1.54, 1.807) is 0 Å². The van der Waals surface area contributed by atoms with Crippen molar-refractivity contribution in [2.75, 3.05) is 0 Å². The molecule has 20 heavy (non-hydrogen) atoms. The maximum Gasteiger partial charge on any atom is -0.0262 e. The SMILES string of the molecule is CCCCCCCC=C[C@@H](C)CCC[C@H](C)CCCC. The molecule has 0 aromatic carbocycles. The maximum absolute atomic E-state index is 2.45. The molecule has 2 atom stereocenters. The fourth-order valence-electron chi connectivity index (χ4n) is 2.78. The van der Waals surface area contributed by atoms with E-state index >= 15 is 0 Å². The molecule has 0 fully saturated rings. The number of unbranched alkanes of at least 4 members (excludes halogenated alkanes) is 6. The molecule has 0 bridgehead atoms. The van der Waals surface area contributed by atoms with Crippen molar-refractivity contribution in [2.24, 2.45) is 11.8 Å². The molecule has 0 radical (unpaired) electrons. The number of allylic oxidation sites excluding steroid dienone is 2. The Hall–Kier alpha value is -0.260. The first-order valence-corrected chi connectivity index (χ1v) is 9.37. The van der Waals surface area contributed by atoms with Crippen LogP contribution in [0.5, 0.6) is 0 Å². The van der Waals surface area contributed by atoms with Gasteiger partial charge in [-0.05, 0) is 31.1 Å². The highest BCUT2D eigenvalue weighted by Crippen LogP contribution is 2.18. The molecule has 0 unspecified atom stereocenters. The molecule has 0 aromatic rings. The Bertz CT molecular complexity index is 204. The van der Waals surface area contributed by atoms with E-state index in [0.717, 1.165) is 11.8 Å². The second-order valence-electron chi connectivity index (χ2n) is 6.79. The van der Waals surface area contributed by atoms with Gasteiger partial charge in [0, 0.05) is 0 Å². The average molecular weight is 281 g/mol. The summed E-state index contributed by atoms with van der Waals surface area (Å²) in [6.07, 6.45) is 21.6. The molecule has 0 aromatic heterocycles. The summed E-state index contributed by atoms with van der Waals surface area (Å²) in [5.74, 6) is 1.72. The number of rotatable bonds is 14. The molecule has 0 heterocycles. The van der Waals surface area contributed by atoms with Gasteiger partial charge >= 0.3 is 0 Å². The van der Waals surface area contributed by atoms with Crippen LogP contribution in [0.25, 0.3) is 0 Å². The van der Waals surface area contributed by atoms with E-state index in [1.165, 1.54) is 77.0 Å². The Kier molecular flexibility index (Phi) is 14.9. The molecule has 0 heteroatoms. The van der Waals surface area contributed by atoms with Crippen LogP contribution in [-0.4, -0.2) is 0 Å². The first-order valence-electron chi connectivity index (χ1n) is 9.37. The Morgan fingerprint density at radius 2 is 1.35 bits per heavy atom. The highest BCUT2D eigenvalue weighted by atomic mass is 14.1. The Morgan fingerprint density at radius 3 is 2.05 bits per heavy atom. The minimum Gasteiger partial charge on any atom is -0.0883 e. The van der Waals surface area contributed by atoms with Crippen molar-refractivity contribution in [1.82, 2.24) is 0 Å². The lowest BCUT2D eigenvalue weighted by Gasteiger charge is -2.11. The molecular formula is C20H40. The van der Waals surface area contributed by atoms with E-state index in [2.05, 4.69) is 39.8 Å². The lowest BCUT2D eigenvalue weighted by molar-refractivity contribution is 0.434. The molecule has 0 nitrogen and oxygen atoms in total. The van der Waals surface area contributed by atoms with Crippen LogP contribution in [0.3, 0.4) is 0 Å². The van der Waals surface area contributed by atoms with Crippen LogP contribution in [0.2, 0.25) is 0 Å². The molecule has 0 aliphatic heterocycles. The summed E-state index contributed by atoms with van der Waals surface area (Å²) in [5, 5.41) is 0. The zero-order valence-corrected chi connectivity index (χ0v) is 14.8. The third-order valence-corrected chi connectivity index (χ3v) is 4.35. The molecule has 0 rings (SSSR count). The van der Waals surface area contributed by atoms with Crippen molar-refractivity contribution >= 4 is 0 Å². The summed E-state index contributed by atoms with van der Waals surface area (Å²) in [6, 6.07) is 0. The maximum atomic E-state index is 2.45. The first-order chi connectivity index (χ1) is 9.70. The lowest BCUT2D eigenvalue weighted by Crippen LogP contribution is -1.97. The van der Waals surface area contributed by atoms with Crippen molar-refractivity contribution in [3.05, 3.63) is 12.2 Å². The van der Waals surface area contributed by atoms with E-state index in [9.17, 15) is 0 Å². The highest BCUT2D eigenvalue weighted by Gasteiger charge is 2.03. The van der Waals surface area contributed by atoms with Crippen LogP contribution < -0.4 is 0 Å². The molecule has 0 aliphatic rings. The summed E-state index contributed by atoms with van der Waals surface area (Å²) in [7, 11) is 0. The fourth-order valence-corrected chi connectivity index (χ4v) is 2.78. The van der Waals surface area contributed by atoms with Gasteiger partial charge < -0.3 is 0 Å². The third kappa shape index (κ3) is 14.2. The van der Waals surface area contributed by atoms with Crippen molar-refractivity contribution in [2.45, 2.75) is 105 Å². The van der Waals surface area contributed by atoms with Gasteiger partial charge in [-0.2, -0.15) is 0 Å². The molecule has 0 aliphatic carbocycles. The van der Waals surface area contributed by atoms with E-state index in [4.69, 9.17) is 0 Å². The van der Waals surface area contributed by atoms with Gasteiger partial charge in [-0.15, -0.1) is 0 Å². The van der Waals surface area contributed by atoms with Crippen LogP contribution in [0.4, 0.5) is 0 Å². The second-order valence-corrected chi connectivity index (χ2v) is 6.79. The molecule has 0 amide bonds. The Labute approximate surface area is 129 Å². The van der Waals surface area contributed by atoms with Crippen LogP contribution >= 0.6 is 0 Å². The van der Waals surface area contributed by atoms with Gasteiger partial charge in [-0.3, -0.25) is 0 Å². The van der Waals surface area contributed by atoms with Crippen molar-refractivity contribution < 1.29 is 0 Å². The Balaban J connectivity index is 3.41. The summed E-state index contributed by atoms with van der Waals surface area (Å²) < 4.78 is 0. The minimum absolute atomic E-state index is 0.781. The predicted octanol–water partition coefficient (Wildman–Crippen LogP) is 7.54. The molecule has 0 saturated carbocycles. The van der Waals surface area contributed by atoms with Gasteiger partial charge in [0.05, 0.1) is 0 Å². The number of hydrogen-bond donors (Lipinski definition) is 0. The van der Waals surface area contributed by atoms with Crippen molar-refractivity contribution in [1.29, 1.82) is 0 Å². The second kappa shape index (κ2) is 15.1. The van der Waals surface area contributed by atoms with Crippen LogP contribution in [0, 0.1) is 11.8 Å². The molecule has 0 saturated heterocycles. The Morgan fingerprint density at radius 1 is 0.700 bits per heavy atom. The summed E-state index contributed by atoms with van der Waals surface area (Å²) in [4.78, 5) is 0. The standard InChI is InChI=1S/C20H40/c1-5-7-9-10-11-12-13-16-20(4)18-14-17-19(3)15-8-6-2/h13,16,19-20H,5-12,14-15,17-18H2,1-4H3/t19-,20-/m1/s1. The topological polar surface area (TPSA) is 0 Å². The van der Waals surface area contributed by atoms with Crippen LogP contribution in [0.15, 0.2) is 12.2 Å². The van der Waals surface area contributed by atoms with Crippen molar-refractivity contribution in [3.63, 3.8) is 0 Å². The summed E-state index contributed by atoms with van der Waals surface area (Å²) in [6.45, 7) is 9.38. The quantitative estimate of drug-likeness (QED) is 0.228. The average Bonchev–Trinajstić information content (AvgIpc) is 2.44. The summed E-state index contributed by atoms with van der Waals surface area (Å²) >= 11 is 0. The van der Waals surface area contributed by atoms with E-state index in [1.807, 2.05) is 0 Å². The largest absolute Gasteiger partial charge is 0.0883 e. The molecule has 0 N–H and O–H groups in total. The summed E-state index contributed by atoms with van der Waals surface area (Å²) in [5.41, 5.74) is 0. The fraction of sp³-hybridized carbons (Fsp3) is 0.900. The van der Waals surface area contributed by atoms with Gasteiger partial charge in [0.1, 0.15) is 0 Å². The minimum atomic E-state index is 0.781. The van der Waals surface area contributed by atoms with Gasteiger partial charge in [0.15, 0.2) is 0 Å². The lowest BCUT2D eigenvalue weighted by atomic mass is 9.95. The zero-order chi connectivity index (χ0) is 15.1. The monoisotopic (exact) mass is 280 g/mol. The molecule has 120 valence electrons.